The average Bonchev–Trinajstić information content (AvgIpc) is 2.46. The quantitative estimate of drug-likeness (QED) is 0.865. The summed E-state index contributed by atoms with van der Waals surface area (Å²) in [5.41, 5.74) is 2.19. The van der Waals surface area contributed by atoms with Crippen LogP contribution in [0.5, 0.6) is 0 Å². The summed E-state index contributed by atoms with van der Waals surface area (Å²) in [5.74, 6) is 1.11. The van der Waals surface area contributed by atoms with E-state index in [1.807, 2.05) is 12.1 Å². The van der Waals surface area contributed by atoms with Crippen molar-refractivity contribution in [2.75, 3.05) is 13.2 Å². The lowest BCUT2D eigenvalue weighted by molar-refractivity contribution is 0.00953. The molecule has 0 aromatic heterocycles. The molecule has 0 saturated carbocycles. The lowest BCUT2D eigenvalue weighted by Gasteiger charge is -2.39. The third-order valence-corrected chi connectivity index (χ3v) is 4.50. The molecule has 1 N–H and O–H groups in total. The van der Waals surface area contributed by atoms with Gasteiger partial charge in [-0.2, -0.15) is 0 Å². The number of morpholine rings is 1. The van der Waals surface area contributed by atoms with Gasteiger partial charge < -0.3 is 10.1 Å². The summed E-state index contributed by atoms with van der Waals surface area (Å²) in [6.45, 7) is 5.92. The van der Waals surface area contributed by atoms with Crippen molar-refractivity contribution in [3.05, 3.63) is 35.4 Å². The number of ether oxygens (including phenoxy) is 1. The van der Waals surface area contributed by atoms with Crippen LogP contribution in [0.1, 0.15) is 42.6 Å². The molecule has 0 amide bonds. The zero-order valence-corrected chi connectivity index (χ0v) is 13.0. The number of benzene rings is 1. The molecule has 1 aromatic rings. The van der Waals surface area contributed by atoms with E-state index >= 15 is 0 Å². The fourth-order valence-electron chi connectivity index (χ4n) is 3.56. The largest absolute Gasteiger partial charge is 0.378 e. The van der Waals surface area contributed by atoms with Crippen LogP contribution in [0, 0.1) is 11.8 Å². The van der Waals surface area contributed by atoms with E-state index < -0.39 is 0 Å². The van der Waals surface area contributed by atoms with Crippen LogP contribution >= 0.6 is 0 Å². The molecule has 21 heavy (non-hydrogen) atoms. The molecule has 3 heteroatoms. The SMILES string of the molecule is CC(C)Cc1ccc(C(=O)C2CC3COCC(C2)N3)cc1. The molecule has 3 rings (SSSR count). The fourth-order valence-corrected chi connectivity index (χ4v) is 3.56. The van der Waals surface area contributed by atoms with Crippen molar-refractivity contribution < 1.29 is 9.53 Å². The standard InChI is InChI=1S/C18H25NO2/c1-12(2)7-13-3-5-14(6-4-13)18(20)15-8-16-10-21-11-17(9-15)19-16/h3-6,12,15-17,19H,7-11H2,1-2H3. The van der Waals surface area contributed by atoms with Crippen molar-refractivity contribution in [1.29, 1.82) is 0 Å². The molecular formula is C18H25NO2. The van der Waals surface area contributed by atoms with Crippen LogP contribution in [0.2, 0.25) is 0 Å². The van der Waals surface area contributed by atoms with E-state index in [-0.39, 0.29) is 5.92 Å². The minimum Gasteiger partial charge on any atom is -0.378 e. The van der Waals surface area contributed by atoms with Crippen molar-refractivity contribution in [2.24, 2.45) is 11.8 Å². The van der Waals surface area contributed by atoms with Crippen LogP contribution < -0.4 is 5.32 Å². The summed E-state index contributed by atoms with van der Waals surface area (Å²) < 4.78 is 5.55. The molecule has 0 aliphatic carbocycles. The molecular weight excluding hydrogens is 262 g/mol. The summed E-state index contributed by atoms with van der Waals surface area (Å²) in [7, 11) is 0. The number of piperidine rings is 1. The molecule has 2 bridgehead atoms. The van der Waals surface area contributed by atoms with E-state index in [9.17, 15) is 4.79 Å². The van der Waals surface area contributed by atoms with Gasteiger partial charge in [-0.25, -0.2) is 0 Å². The van der Waals surface area contributed by atoms with E-state index in [0.717, 1.165) is 38.0 Å². The van der Waals surface area contributed by atoms with E-state index in [1.54, 1.807) is 0 Å². The molecule has 114 valence electrons. The first-order valence-corrected chi connectivity index (χ1v) is 8.08. The topological polar surface area (TPSA) is 38.3 Å². The van der Waals surface area contributed by atoms with Gasteiger partial charge in [-0.1, -0.05) is 38.1 Å². The number of carbonyl (C=O) groups is 1. The minimum atomic E-state index is 0.154. The predicted octanol–water partition coefficient (Wildman–Crippen LogP) is 2.83. The summed E-state index contributed by atoms with van der Waals surface area (Å²) >= 11 is 0. The number of Topliss-reactive ketones (excluding diaryl/α,β-unsaturated/α-hetero) is 1. The van der Waals surface area contributed by atoms with Crippen molar-refractivity contribution in [3.63, 3.8) is 0 Å². The first-order valence-electron chi connectivity index (χ1n) is 8.08. The van der Waals surface area contributed by atoms with Gasteiger partial charge in [0.1, 0.15) is 0 Å². The van der Waals surface area contributed by atoms with Crippen molar-refractivity contribution in [2.45, 2.75) is 45.2 Å². The Morgan fingerprint density at radius 3 is 2.38 bits per heavy atom. The second-order valence-corrected chi connectivity index (χ2v) is 6.93. The van der Waals surface area contributed by atoms with Gasteiger partial charge in [0.05, 0.1) is 13.2 Å². The Morgan fingerprint density at radius 1 is 1.19 bits per heavy atom. The molecule has 2 atom stereocenters. The number of rotatable bonds is 4. The van der Waals surface area contributed by atoms with Gasteiger partial charge in [0, 0.05) is 23.6 Å². The molecule has 1 aromatic carbocycles. The highest BCUT2D eigenvalue weighted by Crippen LogP contribution is 2.27. The van der Waals surface area contributed by atoms with Crippen LogP contribution in [0.25, 0.3) is 0 Å². The second-order valence-electron chi connectivity index (χ2n) is 6.93. The number of carbonyl (C=O) groups excluding carboxylic acids is 1. The summed E-state index contributed by atoms with van der Waals surface area (Å²) in [5, 5.41) is 3.54. The Bertz CT molecular complexity index is 482. The van der Waals surface area contributed by atoms with E-state index in [4.69, 9.17) is 4.74 Å². The number of fused-ring (bicyclic) bond motifs is 2. The number of nitrogens with one attached hydrogen (secondary N) is 1. The van der Waals surface area contributed by atoms with E-state index in [1.165, 1.54) is 5.56 Å². The van der Waals surface area contributed by atoms with Crippen molar-refractivity contribution >= 4 is 5.78 Å². The minimum absolute atomic E-state index is 0.154. The fraction of sp³-hybridized carbons (Fsp3) is 0.611. The summed E-state index contributed by atoms with van der Waals surface area (Å²) in [6.07, 6.45) is 2.88. The molecule has 2 heterocycles. The van der Waals surface area contributed by atoms with Gasteiger partial charge in [-0.05, 0) is 30.7 Å². The zero-order chi connectivity index (χ0) is 14.8. The highest BCUT2D eigenvalue weighted by atomic mass is 16.5. The first-order chi connectivity index (χ1) is 10.1. The Balaban J connectivity index is 1.67. The van der Waals surface area contributed by atoms with Crippen molar-refractivity contribution in [3.8, 4) is 0 Å². The average molecular weight is 287 g/mol. The molecule has 2 saturated heterocycles. The Morgan fingerprint density at radius 2 is 1.81 bits per heavy atom. The van der Waals surface area contributed by atoms with Gasteiger partial charge in [0.25, 0.3) is 0 Å². The third-order valence-electron chi connectivity index (χ3n) is 4.50. The zero-order valence-electron chi connectivity index (χ0n) is 13.0. The summed E-state index contributed by atoms with van der Waals surface area (Å²) in [6, 6.07) is 8.94. The van der Waals surface area contributed by atoms with Gasteiger partial charge >= 0.3 is 0 Å². The highest BCUT2D eigenvalue weighted by molar-refractivity contribution is 5.98. The maximum absolute atomic E-state index is 12.7. The predicted molar refractivity (Wildman–Crippen MR) is 83.6 cm³/mol. The van der Waals surface area contributed by atoms with Crippen LogP contribution in [0.4, 0.5) is 0 Å². The molecule has 2 aliphatic heterocycles. The Kier molecular flexibility index (Phi) is 4.41. The van der Waals surface area contributed by atoms with E-state index in [0.29, 0.717) is 23.8 Å². The molecule has 0 spiro atoms. The highest BCUT2D eigenvalue weighted by Gasteiger charge is 2.35. The normalized spacial score (nSPS) is 28.6. The van der Waals surface area contributed by atoms with Gasteiger partial charge in [-0.15, -0.1) is 0 Å². The number of ketones is 1. The Hall–Kier alpha value is -1.19. The smallest absolute Gasteiger partial charge is 0.166 e. The second kappa shape index (κ2) is 6.29. The van der Waals surface area contributed by atoms with Gasteiger partial charge in [0.15, 0.2) is 5.78 Å². The molecule has 3 nitrogen and oxygen atoms in total. The van der Waals surface area contributed by atoms with Crippen LogP contribution in [0.3, 0.4) is 0 Å². The monoisotopic (exact) mass is 287 g/mol. The van der Waals surface area contributed by atoms with Crippen LogP contribution in [0.15, 0.2) is 24.3 Å². The van der Waals surface area contributed by atoms with E-state index in [2.05, 4.69) is 31.3 Å². The Labute approximate surface area is 127 Å². The lowest BCUT2D eigenvalue weighted by atomic mass is 9.82. The third kappa shape index (κ3) is 3.53. The maximum atomic E-state index is 12.7. The number of hydrogen-bond donors (Lipinski definition) is 1. The molecule has 2 aliphatic rings. The van der Waals surface area contributed by atoms with Crippen LogP contribution in [-0.4, -0.2) is 31.1 Å². The molecule has 2 unspecified atom stereocenters. The maximum Gasteiger partial charge on any atom is 0.166 e. The first kappa shape index (κ1) is 14.7. The van der Waals surface area contributed by atoms with Crippen LogP contribution in [-0.2, 0) is 11.2 Å². The summed E-state index contributed by atoms with van der Waals surface area (Å²) in [4.78, 5) is 12.7. The molecule has 0 radical (unpaired) electrons. The number of hydrogen-bond acceptors (Lipinski definition) is 3. The lowest BCUT2D eigenvalue weighted by Crippen LogP contribution is -2.55. The van der Waals surface area contributed by atoms with Gasteiger partial charge in [-0.3, -0.25) is 4.79 Å². The molecule has 2 fully saturated rings. The van der Waals surface area contributed by atoms with Crippen molar-refractivity contribution in [1.82, 2.24) is 5.32 Å². The van der Waals surface area contributed by atoms with Gasteiger partial charge in [0.2, 0.25) is 0 Å².